The van der Waals surface area contributed by atoms with Gasteiger partial charge in [0.15, 0.2) is 5.75 Å². The van der Waals surface area contributed by atoms with Gasteiger partial charge in [-0.15, -0.1) is 0 Å². The maximum absolute atomic E-state index is 14.8. The summed E-state index contributed by atoms with van der Waals surface area (Å²) in [6.07, 6.45) is 3.34. The Kier molecular flexibility index (Phi) is 6.37. The number of piperazine rings is 1. The van der Waals surface area contributed by atoms with Gasteiger partial charge >= 0.3 is 0 Å². The van der Waals surface area contributed by atoms with Crippen LogP contribution in [0.3, 0.4) is 0 Å². The molecule has 1 aromatic carbocycles. The number of amides is 2. The molecule has 1 N–H and O–H groups in total. The van der Waals surface area contributed by atoms with Crippen LogP contribution in [0.5, 0.6) is 11.5 Å². The quantitative estimate of drug-likeness (QED) is 0.649. The van der Waals surface area contributed by atoms with Gasteiger partial charge in [-0.1, -0.05) is 24.2 Å². The lowest BCUT2D eigenvalue weighted by atomic mass is 10.0. The average molecular weight is 501 g/mol. The highest BCUT2D eigenvalue weighted by atomic mass is 35.5. The van der Waals surface area contributed by atoms with Gasteiger partial charge in [0.2, 0.25) is 5.91 Å². The SMILES string of the molecule is C=CC(=O)N1CCN2C(=O)c3c(CN4CCCC4)nc(-c4c(O)cccc4F)c(Cl)c3OC[C@H]2C1. The molecule has 2 aromatic rings. The smallest absolute Gasteiger partial charge is 0.260 e. The van der Waals surface area contributed by atoms with Crippen LogP contribution in [0.25, 0.3) is 11.3 Å². The highest BCUT2D eigenvalue weighted by Gasteiger charge is 2.40. The monoisotopic (exact) mass is 500 g/mol. The van der Waals surface area contributed by atoms with Crippen molar-refractivity contribution < 1.29 is 23.8 Å². The number of hydrogen-bond acceptors (Lipinski definition) is 6. The predicted molar refractivity (Wildman–Crippen MR) is 128 cm³/mol. The van der Waals surface area contributed by atoms with Crippen LogP contribution >= 0.6 is 11.6 Å². The predicted octanol–water partition coefficient (Wildman–Crippen LogP) is 3.07. The Morgan fingerprint density at radius 3 is 2.74 bits per heavy atom. The molecule has 0 radical (unpaired) electrons. The second kappa shape index (κ2) is 9.47. The number of ether oxygens (including phenoxy) is 1. The van der Waals surface area contributed by atoms with Gasteiger partial charge in [-0.25, -0.2) is 9.37 Å². The molecule has 0 bridgehead atoms. The van der Waals surface area contributed by atoms with Crippen molar-refractivity contribution in [1.29, 1.82) is 0 Å². The summed E-state index contributed by atoms with van der Waals surface area (Å²) in [5.41, 5.74) is 0.585. The number of pyridine rings is 1. The number of carbonyl (C=O) groups excluding carboxylic acids is 2. The maximum atomic E-state index is 14.8. The fourth-order valence-electron chi connectivity index (χ4n) is 5.04. The summed E-state index contributed by atoms with van der Waals surface area (Å²) in [5.74, 6) is -1.33. The van der Waals surface area contributed by atoms with Gasteiger partial charge in [-0.3, -0.25) is 14.5 Å². The van der Waals surface area contributed by atoms with Crippen LogP contribution in [-0.2, 0) is 11.3 Å². The first-order valence-electron chi connectivity index (χ1n) is 11.7. The molecule has 2 amide bonds. The van der Waals surface area contributed by atoms with Crippen molar-refractivity contribution >= 4 is 23.4 Å². The van der Waals surface area contributed by atoms with Gasteiger partial charge in [-0.2, -0.15) is 0 Å². The van der Waals surface area contributed by atoms with E-state index < -0.39 is 5.82 Å². The van der Waals surface area contributed by atoms with Gasteiger partial charge in [0.05, 0.1) is 23.0 Å². The summed E-state index contributed by atoms with van der Waals surface area (Å²) in [6, 6.07) is 3.59. The first kappa shape index (κ1) is 23.6. The Balaban J connectivity index is 1.62. The van der Waals surface area contributed by atoms with Crippen molar-refractivity contribution in [3.63, 3.8) is 0 Å². The summed E-state index contributed by atoms with van der Waals surface area (Å²) >= 11 is 6.70. The number of nitrogens with zero attached hydrogens (tertiary/aromatic N) is 4. The number of likely N-dealkylation sites (tertiary alicyclic amines) is 1. The van der Waals surface area contributed by atoms with E-state index in [-0.39, 0.29) is 57.8 Å². The highest BCUT2D eigenvalue weighted by molar-refractivity contribution is 6.35. The van der Waals surface area contributed by atoms with Crippen molar-refractivity contribution in [2.24, 2.45) is 0 Å². The fourth-order valence-corrected chi connectivity index (χ4v) is 5.33. The molecule has 0 unspecified atom stereocenters. The van der Waals surface area contributed by atoms with Crippen molar-refractivity contribution in [2.45, 2.75) is 25.4 Å². The summed E-state index contributed by atoms with van der Waals surface area (Å²) in [7, 11) is 0. The average Bonchev–Trinajstić information content (AvgIpc) is 3.31. The number of hydrogen-bond donors (Lipinski definition) is 1. The maximum Gasteiger partial charge on any atom is 0.260 e. The van der Waals surface area contributed by atoms with Crippen LogP contribution in [0.2, 0.25) is 5.02 Å². The Labute approximate surface area is 207 Å². The number of aromatic nitrogens is 1. The zero-order valence-electron chi connectivity index (χ0n) is 19.2. The van der Waals surface area contributed by atoms with E-state index in [1.165, 1.54) is 24.3 Å². The summed E-state index contributed by atoms with van der Waals surface area (Å²) in [5, 5.41) is 10.4. The molecular formula is C25H26ClFN4O4. The molecule has 8 nitrogen and oxygen atoms in total. The molecule has 0 aliphatic carbocycles. The number of benzene rings is 1. The number of aromatic hydroxyl groups is 1. The van der Waals surface area contributed by atoms with Crippen molar-refractivity contribution in [3.05, 3.63) is 53.0 Å². The molecule has 2 fully saturated rings. The minimum absolute atomic E-state index is 0.0298. The molecular weight excluding hydrogens is 475 g/mol. The van der Waals surface area contributed by atoms with Gasteiger partial charge in [0.1, 0.15) is 28.8 Å². The van der Waals surface area contributed by atoms with E-state index >= 15 is 0 Å². The van der Waals surface area contributed by atoms with Gasteiger partial charge in [0.25, 0.3) is 5.91 Å². The molecule has 1 atom stereocenters. The molecule has 2 saturated heterocycles. The Bertz CT molecular complexity index is 1180. The molecule has 3 aliphatic rings. The van der Waals surface area contributed by atoms with E-state index in [0.29, 0.717) is 31.9 Å². The van der Waals surface area contributed by atoms with E-state index in [4.69, 9.17) is 16.3 Å². The van der Waals surface area contributed by atoms with Crippen molar-refractivity contribution in [1.82, 2.24) is 19.7 Å². The third-order valence-electron chi connectivity index (χ3n) is 6.83. The summed E-state index contributed by atoms with van der Waals surface area (Å²) in [4.78, 5) is 36.1. The van der Waals surface area contributed by atoms with Crippen molar-refractivity contribution in [3.8, 4) is 22.8 Å². The van der Waals surface area contributed by atoms with Crippen LogP contribution in [0, 0.1) is 5.82 Å². The highest BCUT2D eigenvalue weighted by Crippen LogP contribution is 2.44. The third kappa shape index (κ3) is 4.23. The van der Waals surface area contributed by atoms with Crippen LogP contribution in [-0.4, -0.2) is 82.0 Å². The molecule has 1 aromatic heterocycles. The second-order valence-corrected chi connectivity index (χ2v) is 9.37. The largest absolute Gasteiger partial charge is 0.507 e. The molecule has 184 valence electrons. The molecule has 3 aliphatic heterocycles. The summed E-state index contributed by atoms with van der Waals surface area (Å²) in [6.45, 7) is 6.77. The van der Waals surface area contributed by atoms with E-state index in [0.717, 1.165) is 25.9 Å². The Hall–Kier alpha value is -3.17. The molecule has 0 saturated carbocycles. The van der Waals surface area contributed by atoms with E-state index in [1.54, 1.807) is 9.80 Å². The number of carbonyl (C=O) groups is 2. The topological polar surface area (TPSA) is 86.2 Å². The Morgan fingerprint density at radius 2 is 2.03 bits per heavy atom. The number of phenols is 1. The first-order chi connectivity index (χ1) is 16.9. The number of halogens is 2. The van der Waals surface area contributed by atoms with Crippen molar-refractivity contribution in [2.75, 3.05) is 39.3 Å². The number of phenolic OH excluding ortho intramolecular Hbond substituents is 1. The van der Waals surface area contributed by atoms with E-state index in [1.807, 2.05) is 0 Å². The minimum atomic E-state index is -0.678. The number of fused-ring (bicyclic) bond motifs is 2. The molecule has 0 spiro atoms. The lowest BCUT2D eigenvalue weighted by Crippen LogP contribution is -2.57. The molecule has 35 heavy (non-hydrogen) atoms. The van der Waals surface area contributed by atoms with Crippen LogP contribution in [0.4, 0.5) is 4.39 Å². The van der Waals surface area contributed by atoms with Crippen LogP contribution in [0.1, 0.15) is 28.9 Å². The second-order valence-electron chi connectivity index (χ2n) is 8.99. The molecule has 5 rings (SSSR count). The van der Waals surface area contributed by atoms with Crippen LogP contribution < -0.4 is 4.74 Å². The molecule has 4 heterocycles. The van der Waals surface area contributed by atoms with Gasteiger partial charge in [-0.05, 0) is 44.1 Å². The fraction of sp³-hybridized carbons (Fsp3) is 0.400. The lowest BCUT2D eigenvalue weighted by molar-refractivity contribution is -0.128. The van der Waals surface area contributed by atoms with E-state index in [2.05, 4.69) is 16.5 Å². The third-order valence-corrected chi connectivity index (χ3v) is 7.18. The number of rotatable bonds is 4. The Morgan fingerprint density at radius 1 is 1.26 bits per heavy atom. The van der Waals surface area contributed by atoms with Gasteiger partial charge in [0, 0.05) is 26.2 Å². The zero-order valence-corrected chi connectivity index (χ0v) is 19.9. The van der Waals surface area contributed by atoms with Crippen LogP contribution in [0.15, 0.2) is 30.9 Å². The molecule has 10 heteroatoms. The first-order valence-corrected chi connectivity index (χ1v) is 12.0. The van der Waals surface area contributed by atoms with Gasteiger partial charge < -0.3 is 19.6 Å². The van der Waals surface area contributed by atoms with E-state index in [9.17, 15) is 19.1 Å². The zero-order chi connectivity index (χ0) is 24.7. The normalized spacial score (nSPS) is 20.2. The summed E-state index contributed by atoms with van der Waals surface area (Å²) < 4.78 is 20.9. The standard InChI is InChI=1S/C25H26ClFN4O4/c1-2-19(33)30-10-11-31-15(12-30)14-35-24-21(25(31)34)17(13-29-8-3-4-9-29)28-23(22(24)26)20-16(27)6-5-7-18(20)32/h2,5-7,15,32H,1,3-4,8-14H2/t15-/m1/s1. The minimum Gasteiger partial charge on any atom is -0.507 e. The lowest BCUT2D eigenvalue weighted by Gasteiger charge is -2.39.